The van der Waals surface area contributed by atoms with Gasteiger partial charge in [-0.25, -0.2) is 0 Å². The molecular weight excluding hydrogens is 459 g/mol. The van der Waals surface area contributed by atoms with Crippen molar-refractivity contribution in [1.29, 1.82) is 0 Å². The Kier molecular flexibility index (Phi) is 10.5. The van der Waals surface area contributed by atoms with Crippen molar-refractivity contribution in [2.45, 2.75) is 51.4 Å². The SMILES string of the molecule is [O-]N=C1CCCCC1=N[O-].[O-]N=C1CCCCC1=N[O-].[Pt]. The minimum atomic E-state index is 0. The van der Waals surface area contributed by atoms with E-state index >= 15 is 0 Å². The van der Waals surface area contributed by atoms with Gasteiger partial charge in [-0.2, -0.15) is 0 Å². The molecular formula is C12H16N4O4Pt-4. The van der Waals surface area contributed by atoms with Crippen LogP contribution in [0.3, 0.4) is 0 Å². The van der Waals surface area contributed by atoms with Crippen molar-refractivity contribution >= 4 is 22.8 Å². The molecule has 0 aliphatic heterocycles. The van der Waals surface area contributed by atoms with Crippen LogP contribution in [0, 0.1) is 20.8 Å². The predicted molar refractivity (Wildman–Crippen MR) is 80.1 cm³/mol. The summed E-state index contributed by atoms with van der Waals surface area (Å²) in [4.78, 5) is 0. The quantitative estimate of drug-likeness (QED) is 0.497. The van der Waals surface area contributed by atoms with Gasteiger partial charge in [0.05, 0.1) is 0 Å². The van der Waals surface area contributed by atoms with Crippen LogP contribution in [0.2, 0.25) is 0 Å². The zero-order chi connectivity index (χ0) is 14.8. The van der Waals surface area contributed by atoms with E-state index in [1.807, 2.05) is 0 Å². The van der Waals surface area contributed by atoms with Gasteiger partial charge >= 0.3 is 0 Å². The van der Waals surface area contributed by atoms with Crippen LogP contribution < -0.4 is 0 Å². The molecule has 0 aromatic carbocycles. The first kappa shape index (κ1) is 19.6. The summed E-state index contributed by atoms with van der Waals surface area (Å²) in [5, 5.41) is 51.0. The Morgan fingerprint density at radius 2 is 0.667 bits per heavy atom. The Balaban J connectivity index is 0.000000364. The smallest absolute Gasteiger partial charge is 0.0499 e. The van der Waals surface area contributed by atoms with Crippen molar-refractivity contribution in [3.63, 3.8) is 0 Å². The molecule has 0 bridgehead atoms. The molecule has 0 unspecified atom stereocenters. The normalized spacial score (nSPS) is 26.3. The molecule has 0 N–H and O–H groups in total. The molecule has 21 heavy (non-hydrogen) atoms. The largest absolute Gasteiger partial charge is 0.792 e. The second kappa shape index (κ2) is 11.3. The van der Waals surface area contributed by atoms with Crippen molar-refractivity contribution in [2.75, 3.05) is 0 Å². The van der Waals surface area contributed by atoms with Crippen molar-refractivity contribution in [3.8, 4) is 0 Å². The first-order chi connectivity index (χ1) is 9.76. The second-order valence-electron chi connectivity index (χ2n) is 4.57. The fourth-order valence-corrected chi connectivity index (χ4v) is 2.14. The Bertz CT molecular complexity index is 355. The summed E-state index contributed by atoms with van der Waals surface area (Å²) in [5.41, 5.74) is 1.39. The van der Waals surface area contributed by atoms with Crippen LogP contribution in [-0.2, 0) is 21.1 Å². The van der Waals surface area contributed by atoms with Crippen molar-refractivity contribution in [3.05, 3.63) is 20.8 Å². The van der Waals surface area contributed by atoms with Crippen LogP contribution in [0.5, 0.6) is 0 Å². The number of rotatable bonds is 0. The maximum atomic E-state index is 10.0. The number of hydrogen-bond donors (Lipinski definition) is 0. The Labute approximate surface area is 137 Å². The van der Waals surface area contributed by atoms with E-state index < -0.39 is 0 Å². The van der Waals surface area contributed by atoms with Crippen molar-refractivity contribution < 1.29 is 21.1 Å². The average Bonchev–Trinajstić information content (AvgIpc) is 2.55. The van der Waals surface area contributed by atoms with E-state index in [4.69, 9.17) is 0 Å². The maximum Gasteiger partial charge on any atom is 0.0499 e. The van der Waals surface area contributed by atoms with Crippen LogP contribution in [-0.4, -0.2) is 22.8 Å². The predicted octanol–water partition coefficient (Wildman–Crippen LogP) is 2.87. The van der Waals surface area contributed by atoms with Crippen LogP contribution in [0.25, 0.3) is 0 Å². The molecule has 8 nitrogen and oxygen atoms in total. The molecule has 0 saturated heterocycles. The zero-order valence-corrected chi connectivity index (χ0v) is 13.7. The molecule has 0 atom stereocenters. The van der Waals surface area contributed by atoms with E-state index in [1.54, 1.807) is 0 Å². The molecule has 2 saturated carbocycles. The molecule has 0 heterocycles. The van der Waals surface area contributed by atoms with Gasteiger partial charge in [0.1, 0.15) is 0 Å². The molecule has 0 spiro atoms. The van der Waals surface area contributed by atoms with E-state index in [0.29, 0.717) is 48.5 Å². The third kappa shape index (κ3) is 6.25. The molecule has 9 heteroatoms. The average molecular weight is 475 g/mol. The Morgan fingerprint density at radius 1 is 0.476 bits per heavy atom. The molecule has 2 aliphatic rings. The molecule has 0 amide bonds. The van der Waals surface area contributed by atoms with E-state index in [2.05, 4.69) is 20.6 Å². The van der Waals surface area contributed by atoms with Crippen LogP contribution in [0.4, 0.5) is 0 Å². The standard InChI is InChI=1S/2C6H10N2O2.Pt/c2*9-7-5-3-1-2-4-6(5)8-10;/h2*9-10H,1-4H2;/p-4. The monoisotopic (exact) mass is 475 g/mol. The van der Waals surface area contributed by atoms with Gasteiger partial charge in [0.15, 0.2) is 0 Å². The van der Waals surface area contributed by atoms with E-state index in [-0.39, 0.29) is 21.1 Å². The zero-order valence-electron chi connectivity index (χ0n) is 11.4. The first-order valence-electron chi connectivity index (χ1n) is 6.54. The number of nitrogens with zero attached hydrogens (tertiary/aromatic N) is 4. The molecule has 0 radical (unpaired) electrons. The van der Waals surface area contributed by atoms with Gasteiger partial charge in [0.25, 0.3) is 0 Å². The molecule has 2 aliphatic carbocycles. The van der Waals surface area contributed by atoms with Crippen molar-refractivity contribution in [2.24, 2.45) is 20.6 Å². The first-order valence-corrected chi connectivity index (χ1v) is 6.54. The van der Waals surface area contributed by atoms with Gasteiger partial charge in [0.2, 0.25) is 0 Å². The molecule has 0 aromatic rings. The van der Waals surface area contributed by atoms with E-state index in [9.17, 15) is 20.8 Å². The van der Waals surface area contributed by atoms with E-state index in [0.717, 1.165) is 25.7 Å². The third-order valence-electron chi connectivity index (χ3n) is 3.26. The minimum absolute atomic E-state index is 0. The van der Waals surface area contributed by atoms with Crippen LogP contribution in [0.1, 0.15) is 51.4 Å². The van der Waals surface area contributed by atoms with Gasteiger partial charge < -0.3 is 41.5 Å². The summed E-state index contributed by atoms with van der Waals surface area (Å²) in [6.07, 6.45) is 6.24. The van der Waals surface area contributed by atoms with Gasteiger partial charge in [-0.1, -0.05) is 0 Å². The van der Waals surface area contributed by atoms with Crippen LogP contribution in [0.15, 0.2) is 20.6 Å². The summed E-state index contributed by atoms with van der Waals surface area (Å²) in [7, 11) is 0. The van der Waals surface area contributed by atoms with E-state index in [1.165, 1.54) is 0 Å². The Morgan fingerprint density at radius 3 is 0.810 bits per heavy atom. The maximum absolute atomic E-state index is 10.0. The molecule has 2 fully saturated rings. The fraction of sp³-hybridized carbons (Fsp3) is 0.667. The second-order valence-corrected chi connectivity index (χ2v) is 4.57. The van der Waals surface area contributed by atoms with Gasteiger partial charge in [-0.05, 0) is 51.4 Å². The summed E-state index contributed by atoms with van der Waals surface area (Å²) < 4.78 is 0. The van der Waals surface area contributed by atoms with Gasteiger partial charge in [-0.3, -0.25) is 0 Å². The summed E-state index contributed by atoms with van der Waals surface area (Å²) >= 11 is 0. The van der Waals surface area contributed by atoms with Gasteiger partial charge in [0, 0.05) is 43.9 Å². The molecule has 0 aromatic heterocycles. The fourth-order valence-electron chi connectivity index (χ4n) is 2.14. The van der Waals surface area contributed by atoms with Gasteiger partial charge in [-0.15, -0.1) is 0 Å². The van der Waals surface area contributed by atoms with Crippen LogP contribution >= 0.6 is 0 Å². The topological polar surface area (TPSA) is 142 Å². The van der Waals surface area contributed by atoms with Crippen molar-refractivity contribution in [1.82, 2.24) is 0 Å². The third-order valence-corrected chi connectivity index (χ3v) is 3.26. The summed E-state index contributed by atoms with van der Waals surface area (Å²) in [6.45, 7) is 0. The minimum Gasteiger partial charge on any atom is -0.792 e. The number of hydrogen-bond acceptors (Lipinski definition) is 8. The molecule has 2 rings (SSSR count). The Hall–Kier alpha value is -1.43. The molecule has 122 valence electrons. The summed E-state index contributed by atoms with van der Waals surface area (Å²) in [5.74, 6) is 0. The summed E-state index contributed by atoms with van der Waals surface area (Å²) in [6, 6.07) is 0.